The minimum atomic E-state index is -3.81. The van der Waals surface area contributed by atoms with Gasteiger partial charge in [0.25, 0.3) is 10.0 Å². The van der Waals surface area contributed by atoms with Gasteiger partial charge >= 0.3 is 0 Å². The number of halogens is 1. The van der Waals surface area contributed by atoms with Gasteiger partial charge in [0.1, 0.15) is 5.15 Å². The maximum atomic E-state index is 12.6. The largest absolute Gasteiger partial charge is 0.394 e. The predicted molar refractivity (Wildman–Crippen MR) is 73.0 cm³/mol. The van der Waals surface area contributed by atoms with Crippen molar-refractivity contribution < 1.29 is 18.3 Å². The number of aliphatic hydroxyl groups is 1. The molecular weight excluding hydrogens is 306 g/mol. The number of imidazole rings is 1. The third-order valence-electron chi connectivity index (χ3n) is 3.07. The molecule has 1 atom stereocenters. The third-order valence-corrected chi connectivity index (χ3v) is 5.38. The van der Waals surface area contributed by atoms with Gasteiger partial charge in [0.05, 0.1) is 24.6 Å². The van der Waals surface area contributed by atoms with E-state index in [0.717, 1.165) is 0 Å². The summed E-state index contributed by atoms with van der Waals surface area (Å²) in [6, 6.07) is 0. The summed E-state index contributed by atoms with van der Waals surface area (Å²) in [5.41, 5.74) is -0.681. The normalized spacial score (nSPS) is 23.9. The molecule has 0 aromatic carbocycles. The lowest BCUT2D eigenvalue weighted by Gasteiger charge is -2.41. The molecule has 0 saturated carbocycles. The van der Waals surface area contributed by atoms with Crippen molar-refractivity contribution in [2.24, 2.45) is 7.05 Å². The predicted octanol–water partition coefficient (Wildman–Crippen LogP) is 0.234. The molecule has 0 spiro atoms. The zero-order chi connectivity index (χ0) is 15.1. The Morgan fingerprint density at radius 2 is 2.25 bits per heavy atom. The summed E-state index contributed by atoms with van der Waals surface area (Å²) in [6.45, 7) is 3.56. The minimum Gasteiger partial charge on any atom is -0.394 e. The van der Waals surface area contributed by atoms with E-state index < -0.39 is 21.7 Å². The van der Waals surface area contributed by atoms with Crippen LogP contribution in [0, 0.1) is 0 Å². The first-order chi connectivity index (χ1) is 9.17. The van der Waals surface area contributed by atoms with Crippen LogP contribution in [-0.4, -0.2) is 58.8 Å². The van der Waals surface area contributed by atoms with Gasteiger partial charge in [0, 0.05) is 20.1 Å². The van der Waals surface area contributed by atoms with Crippen LogP contribution >= 0.6 is 11.6 Å². The SMILES string of the molecule is Cn1cnc(S(=O)(=O)N2CC(CO)OC(C)(C)C2)c1Cl. The van der Waals surface area contributed by atoms with Crippen LogP contribution < -0.4 is 0 Å². The van der Waals surface area contributed by atoms with Crippen molar-refractivity contribution in [3.05, 3.63) is 11.5 Å². The number of ether oxygens (including phenoxy) is 1. The van der Waals surface area contributed by atoms with E-state index in [1.807, 2.05) is 0 Å². The Balaban J connectivity index is 2.36. The van der Waals surface area contributed by atoms with Crippen molar-refractivity contribution in [2.75, 3.05) is 19.7 Å². The summed E-state index contributed by atoms with van der Waals surface area (Å²) < 4.78 is 33.5. The van der Waals surface area contributed by atoms with Crippen LogP contribution in [0.2, 0.25) is 5.15 Å². The molecule has 1 saturated heterocycles. The third kappa shape index (κ3) is 2.84. The first-order valence-electron chi connectivity index (χ1n) is 6.13. The molecule has 1 N–H and O–H groups in total. The van der Waals surface area contributed by atoms with Gasteiger partial charge in [-0.2, -0.15) is 4.31 Å². The summed E-state index contributed by atoms with van der Waals surface area (Å²) in [6.07, 6.45) is 0.792. The molecule has 2 heterocycles. The maximum Gasteiger partial charge on any atom is 0.263 e. The number of aryl methyl sites for hydroxylation is 1. The van der Waals surface area contributed by atoms with Crippen molar-refractivity contribution in [3.63, 3.8) is 0 Å². The lowest BCUT2D eigenvalue weighted by atomic mass is 10.1. The first-order valence-corrected chi connectivity index (χ1v) is 7.95. The minimum absolute atomic E-state index is 0.0647. The molecule has 1 unspecified atom stereocenters. The fraction of sp³-hybridized carbons (Fsp3) is 0.727. The van der Waals surface area contributed by atoms with Crippen LogP contribution in [0.5, 0.6) is 0 Å². The van der Waals surface area contributed by atoms with Gasteiger partial charge in [-0.3, -0.25) is 0 Å². The number of hydrogen-bond donors (Lipinski definition) is 1. The zero-order valence-electron chi connectivity index (χ0n) is 11.6. The van der Waals surface area contributed by atoms with E-state index >= 15 is 0 Å². The summed E-state index contributed by atoms with van der Waals surface area (Å²) in [4.78, 5) is 3.86. The lowest BCUT2D eigenvalue weighted by Crippen LogP contribution is -2.55. The van der Waals surface area contributed by atoms with E-state index in [1.165, 1.54) is 15.2 Å². The van der Waals surface area contributed by atoms with Crippen molar-refractivity contribution in [3.8, 4) is 0 Å². The average molecular weight is 324 g/mol. The van der Waals surface area contributed by atoms with Gasteiger partial charge < -0.3 is 14.4 Å². The van der Waals surface area contributed by atoms with Gasteiger partial charge in [-0.25, -0.2) is 13.4 Å². The molecular formula is C11H18ClN3O4S. The quantitative estimate of drug-likeness (QED) is 0.861. The fourth-order valence-corrected chi connectivity index (χ4v) is 4.22. The van der Waals surface area contributed by atoms with Crippen LogP contribution in [0.4, 0.5) is 0 Å². The number of aromatic nitrogens is 2. The number of rotatable bonds is 3. The fourth-order valence-electron chi connectivity index (χ4n) is 2.21. The van der Waals surface area contributed by atoms with E-state index in [0.29, 0.717) is 0 Å². The van der Waals surface area contributed by atoms with Crippen LogP contribution in [-0.2, 0) is 21.8 Å². The van der Waals surface area contributed by atoms with Crippen molar-refractivity contribution in [1.29, 1.82) is 0 Å². The van der Waals surface area contributed by atoms with Crippen LogP contribution in [0.15, 0.2) is 11.4 Å². The number of morpholine rings is 1. The molecule has 1 fully saturated rings. The lowest BCUT2D eigenvalue weighted by molar-refractivity contribution is -0.131. The Labute approximate surface area is 123 Å². The Bertz CT molecular complexity index is 599. The van der Waals surface area contributed by atoms with Crippen LogP contribution in [0.25, 0.3) is 0 Å². The Morgan fingerprint density at radius 3 is 2.75 bits per heavy atom. The summed E-state index contributed by atoms with van der Waals surface area (Å²) in [5, 5.41) is 9.14. The summed E-state index contributed by atoms with van der Waals surface area (Å²) in [7, 11) is -2.19. The molecule has 0 bridgehead atoms. The van der Waals surface area contributed by atoms with Crippen LogP contribution in [0.3, 0.4) is 0 Å². The molecule has 2 rings (SSSR count). The highest BCUT2D eigenvalue weighted by Crippen LogP contribution is 2.28. The molecule has 1 aliphatic rings. The number of aliphatic hydroxyl groups excluding tert-OH is 1. The molecule has 7 nitrogen and oxygen atoms in total. The Hall–Kier alpha value is -0.670. The number of hydrogen-bond acceptors (Lipinski definition) is 5. The maximum absolute atomic E-state index is 12.6. The molecule has 0 radical (unpaired) electrons. The van der Waals surface area contributed by atoms with Gasteiger partial charge in [-0.15, -0.1) is 0 Å². The highest BCUT2D eigenvalue weighted by atomic mass is 35.5. The van der Waals surface area contributed by atoms with E-state index in [1.54, 1.807) is 20.9 Å². The van der Waals surface area contributed by atoms with Crippen molar-refractivity contribution in [2.45, 2.75) is 30.6 Å². The standard InChI is InChI=1S/C11H18ClN3O4S/c1-11(2)6-15(4-8(5-16)19-11)20(17,18)10-9(12)14(3)7-13-10/h7-8,16H,4-6H2,1-3H3. The summed E-state index contributed by atoms with van der Waals surface area (Å²) in [5.74, 6) is 0. The van der Waals surface area contributed by atoms with E-state index in [9.17, 15) is 13.5 Å². The second kappa shape index (κ2) is 5.27. The molecule has 114 valence electrons. The molecule has 1 aromatic heterocycles. The highest BCUT2D eigenvalue weighted by molar-refractivity contribution is 7.89. The second-order valence-corrected chi connectivity index (χ2v) is 7.64. The highest BCUT2D eigenvalue weighted by Gasteiger charge is 2.40. The van der Waals surface area contributed by atoms with E-state index in [2.05, 4.69) is 4.98 Å². The van der Waals surface area contributed by atoms with E-state index in [4.69, 9.17) is 16.3 Å². The topological polar surface area (TPSA) is 84.7 Å². The first kappa shape index (κ1) is 15.7. The zero-order valence-corrected chi connectivity index (χ0v) is 13.1. The second-order valence-electron chi connectivity index (χ2n) is 5.43. The number of sulfonamides is 1. The Morgan fingerprint density at radius 1 is 1.60 bits per heavy atom. The number of nitrogens with zero attached hydrogens (tertiary/aromatic N) is 3. The van der Waals surface area contributed by atoms with E-state index in [-0.39, 0.29) is 29.9 Å². The average Bonchev–Trinajstić information content (AvgIpc) is 2.68. The molecule has 1 aromatic rings. The molecule has 20 heavy (non-hydrogen) atoms. The van der Waals surface area contributed by atoms with Gasteiger partial charge in [0.15, 0.2) is 0 Å². The molecule has 1 aliphatic heterocycles. The molecule has 9 heteroatoms. The summed E-state index contributed by atoms with van der Waals surface area (Å²) >= 11 is 5.97. The smallest absolute Gasteiger partial charge is 0.263 e. The van der Waals surface area contributed by atoms with Crippen LogP contribution in [0.1, 0.15) is 13.8 Å². The van der Waals surface area contributed by atoms with Gasteiger partial charge in [0.2, 0.25) is 5.03 Å². The molecule has 0 amide bonds. The monoisotopic (exact) mass is 323 g/mol. The van der Waals surface area contributed by atoms with Crippen molar-refractivity contribution in [1.82, 2.24) is 13.9 Å². The van der Waals surface area contributed by atoms with Gasteiger partial charge in [-0.1, -0.05) is 11.6 Å². The Kier molecular flexibility index (Phi) is 4.14. The van der Waals surface area contributed by atoms with Crippen molar-refractivity contribution >= 4 is 21.6 Å². The molecule has 0 aliphatic carbocycles. The van der Waals surface area contributed by atoms with Gasteiger partial charge in [-0.05, 0) is 13.8 Å².